The average molecular weight is 2470 g/mol. The molecule has 12 aromatic carbocycles. The van der Waals surface area contributed by atoms with Gasteiger partial charge in [0.1, 0.15) is 0 Å². The number of hydrogen-bond donors (Lipinski definition) is 0. The van der Waals surface area contributed by atoms with E-state index in [1.54, 1.807) is 6.20 Å². The van der Waals surface area contributed by atoms with Gasteiger partial charge in [-0.15, -0.1) is 287 Å². The fourth-order valence-electron chi connectivity index (χ4n) is 14.4. The summed E-state index contributed by atoms with van der Waals surface area (Å²) in [7, 11) is 0. The molecular weight excluding hydrogens is 2370 g/mol. The fraction of sp³-hybridized carbons (Fsp3) is 0.0968. The maximum absolute atomic E-state index is 4.61. The van der Waals surface area contributed by atoms with E-state index in [9.17, 15) is 0 Å². The number of hydrogen-bond acceptors (Lipinski definition) is 8. The predicted molar refractivity (Wildman–Crippen MR) is 544 cm³/mol. The summed E-state index contributed by atoms with van der Waals surface area (Å²) in [6.07, 6.45) is 23.1. The topological polar surface area (TPSA) is 103 Å². The molecule has 1 fully saturated rings. The van der Waals surface area contributed by atoms with Crippen LogP contribution in [0.5, 0.6) is 0 Å². The van der Waals surface area contributed by atoms with Crippen molar-refractivity contribution in [2.24, 2.45) is 0 Å². The molecule has 0 amide bonds. The van der Waals surface area contributed by atoms with Crippen molar-refractivity contribution in [2.75, 3.05) is 0 Å². The summed E-state index contributed by atoms with van der Waals surface area (Å²) < 4.78 is 0. The van der Waals surface area contributed by atoms with Gasteiger partial charge in [0.05, 0.1) is 0 Å². The van der Waals surface area contributed by atoms with Crippen molar-refractivity contribution in [3.8, 4) is 135 Å². The first kappa shape index (κ1) is 105. The van der Waals surface area contributed by atoms with E-state index >= 15 is 0 Å². The molecule has 8 aromatic heterocycles. The van der Waals surface area contributed by atoms with E-state index in [0.717, 1.165) is 119 Å². The Kier molecular flexibility index (Phi) is 44.5. The molecule has 4 radical (unpaired) electrons. The van der Waals surface area contributed by atoms with Gasteiger partial charge in [-0.3, -0.25) is 0 Å². The van der Waals surface area contributed by atoms with Crippen molar-refractivity contribution < 1.29 is 80.4 Å². The van der Waals surface area contributed by atoms with Crippen LogP contribution in [0.1, 0.15) is 87.0 Å². The number of aromatic nitrogens is 8. The number of rotatable bonds is 15. The minimum atomic E-state index is 0. The third kappa shape index (κ3) is 32.9. The van der Waals surface area contributed by atoms with Crippen LogP contribution in [-0.2, 0) is 86.8 Å². The molecule has 136 heavy (non-hydrogen) atoms. The Hall–Kier alpha value is -13.6. The second-order valence-electron chi connectivity index (χ2n) is 31.5. The molecular formula is C124H102Ir4N8-8. The Morgan fingerprint density at radius 3 is 0.743 bits per heavy atom. The molecule has 20 aromatic rings. The van der Waals surface area contributed by atoms with E-state index in [1.165, 1.54) is 82.2 Å². The molecule has 0 bridgehead atoms. The molecule has 1 aliphatic rings. The van der Waals surface area contributed by atoms with Crippen molar-refractivity contribution in [3.63, 3.8) is 0 Å². The molecule has 21 rings (SSSR count). The number of benzene rings is 12. The normalized spacial score (nSPS) is 10.8. The molecule has 0 atom stereocenters. The van der Waals surface area contributed by atoms with Crippen LogP contribution < -0.4 is 0 Å². The van der Waals surface area contributed by atoms with Gasteiger partial charge in [-0.25, -0.2) is 0 Å². The van der Waals surface area contributed by atoms with Crippen LogP contribution in [0.4, 0.5) is 0 Å². The first-order chi connectivity index (χ1) is 65.2. The Balaban J connectivity index is 0.000000161. The van der Waals surface area contributed by atoms with Crippen LogP contribution in [0, 0.1) is 55.5 Å². The Labute approximate surface area is 858 Å². The molecule has 0 spiro atoms. The van der Waals surface area contributed by atoms with Crippen LogP contribution in [0.25, 0.3) is 135 Å². The van der Waals surface area contributed by atoms with Gasteiger partial charge in [0.15, 0.2) is 0 Å². The quantitative estimate of drug-likeness (QED) is 0.0935. The summed E-state index contributed by atoms with van der Waals surface area (Å²) in [4.78, 5) is 35.5. The van der Waals surface area contributed by atoms with E-state index in [1.807, 2.05) is 348 Å². The Bertz CT molecular complexity index is 6090. The SMILES string of the molecule is CC(C)c1ccc(-c2[c-]cccc2)nc1.CCc1ccc(-c2[c-]cccc2)nc1.Cc1ccc(-c2[c-]cccc2)nc1.[Ir].[Ir].[Ir].[Ir].[c-]1ccccc1-c1ccc(-c2ccc(C3CCCCC3)cc2)cn1.[c-]1ccccc1-c1ccc(-c2ccccc2)cn1.[c-]1ccccc1-c1ccc(-c2ccccc2)cn1.[c-]1ccccc1-c1ccc(-c2ccccc2)cn1.[c-]1ccccc1-c1ccccn1. The van der Waals surface area contributed by atoms with Crippen LogP contribution in [0.15, 0.2) is 462 Å². The van der Waals surface area contributed by atoms with Crippen molar-refractivity contribution in [1.29, 1.82) is 0 Å². The summed E-state index contributed by atoms with van der Waals surface area (Å²) in [6.45, 7) is 8.51. The molecule has 0 N–H and O–H groups in total. The molecule has 1 aliphatic carbocycles. The maximum Gasteiger partial charge on any atom is 0.0239 e. The minimum absolute atomic E-state index is 0. The number of pyridine rings is 8. The van der Waals surface area contributed by atoms with Crippen molar-refractivity contribution in [3.05, 3.63) is 533 Å². The van der Waals surface area contributed by atoms with Gasteiger partial charge in [-0.1, -0.05) is 252 Å². The third-order valence-corrected chi connectivity index (χ3v) is 21.8. The molecule has 0 saturated heterocycles. The van der Waals surface area contributed by atoms with Crippen molar-refractivity contribution in [2.45, 2.75) is 78.1 Å². The second-order valence-corrected chi connectivity index (χ2v) is 31.5. The van der Waals surface area contributed by atoms with Gasteiger partial charge in [0.25, 0.3) is 0 Å². The van der Waals surface area contributed by atoms with Gasteiger partial charge in [0, 0.05) is 130 Å². The van der Waals surface area contributed by atoms with Gasteiger partial charge in [0.2, 0.25) is 0 Å². The molecule has 1 saturated carbocycles. The van der Waals surface area contributed by atoms with Crippen molar-refractivity contribution >= 4 is 0 Å². The smallest absolute Gasteiger partial charge is 0.0239 e. The van der Waals surface area contributed by atoms with Gasteiger partial charge in [-0.05, 0) is 156 Å². The average Bonchev–Trinajstić information content (AvgIpc) is 0.843. The molecule has 0 aliphatic heterocycles. The van der Waals surface area contributed by atoms with E-state index < -0.39 is 0 Å². The summed E-state index contributed by atoms with van der Waals surface area (Å²) in [5, 5.41) is 0. The second kappa shape index (κ2) is 57.9. The molecule has 8 nitrogen and oxygen atoms in total. The third-order valence-electron chi connectivity index (χ3n) is 21.8. The molecule has 8 heterocycles. The van der Waals surface area contributed by atoms with Crippen LogP contribution in [0.3, 0.4) is 0 Å². The first-order valence-electron chi connectivity index (χ1n) is 44.8. The Morgan fingerprint density at radius 2 is 0.500 bits per heavy atom. The summed E-state index contributed by atoms with van der Waals surface area (Å²) >= 11 is 0. The minimum Gasteiger partial charge on any atom is -0.305 e. The first-order valence-corrected chi connectivity index (χ1v) is 44.8. The summed E-state index contributed by atoms with van der Waals surface area (Å²) in [5.74, 6) is 1.30. The van der Waals surface area contributed by atoms with E-state index in [0.29, 0.717) is 5.92 Å². The zero-order valence-corrected chi connectivity index (χ0v) is 85.8. The largest absolute Gasteiger partial charge is 0.305 e. The molecule has 682 valence electrons. The molecule has 12 heteroatoms. The predicted octanol–water partition coefficient (Wildman–Crippen LogP) is 31.1. The van der Waals surface area contributed by atoms with Gasteiger partial charge >= 0.3 is 0 Å². The van der Waals surface area contributed by atoms with Gasteiger partial charge in [-0.2, -0.15) is 0 Å². The van der Waals surface area contributed by atoms with Crippen molar-refractivity contribution in [1.82, 2.24) is 39.9 Å². The van der Waals surface area contributed by atoms with Crippen LogP contribution in [-0.4, -0.2) is 39.9 Å². The monoisotopic (exact) mass is 2470 g/mol. The standard InChI is InChI=1S/C23H22N.3C17H12N.C14H14N.C13H12N.C12H10N.C11H8N.4Ir/c1-3-7-18(8-4-1)19-11-13-20(14-12-19)22-15-16-23(24-17-22)21-9-5-2-6-10-21;3*1-3-7-14(8-4-1)16-11-12-17(18-13-16)15-9-5-2-6-10-15;1-11(2)13-8-9-14(15-10-13)12-6-4-3-5-7-12;1-2-11-8-9-13(14-10-11)12-6-4-3-5-7-12;1-10-7-8-12(13-9-10)11-5-3-2-4-6-11;1-2-6-10(7-3-1)11-8-4-5-9-12-11;;;;/h2,5-6,9,11-18H,1,3-4,7-8H2;3*1-9,11-13H;3-6,8-11H,1-2H3;3-6,8-10H,2H2,1H3;2-5,7-9H,1H3;1-6,8-9H;;;;/q8*-1;;;;. The molecule has 0 unspecified atom stereocenters. The van der Waals surface area contributed by atoms with Gasteiger partial charge < -0.3 is 39.9 Å². The number of aryl methyl sites for hydroxylation is 2. The van der Waals surface area contributed by atoms with E-state index in [4.69, 9.17) is 0 Å². The summed E-state index contributed by atoms with van der Waals surface area (Å²) in [6, 6.07) is 163. The number of nitrogens with zero attached hydrogens (tertiary/aromatic N) is 8. The Morgan fingerprint density at radius 1 is 0.235 bits per heavy atom. The fourth-order valence-corrected chi connectivity index (χ4v) is 14.4. The van der Waals surface area contributed by atoms with E-state index in [-0.39, 0.29) is 80.4 Å². The zero-order chi connectivity index (χ0) is 90.6. The summed E-state index contributed by atoms with van der Waals surface area (Å²) in [5.41, 5.74) is 30.7. The van der Waals surface area contributed by atoms with E-state index in [2.05, 4.69) is 224 Å². The maximum atomic E-state index is 4.61. The zero-order valence-electron chi connectivity index (χ0n) is 76.2. The van der Waals surface area contributed by atoms with Crippen LogP contribution >= 0.6 is 0 Å². The van der Waals surface area contributed by atoms with Crippen LogP contribution in [0.2, 0.25) is 0 Å².